The van der Waals surface area contributed by atoms with Gasteiger partial charge in [-0.2, -0.15) is 0 Å². The number of anilines is 1. The van der Waals surface area contributed by atoms with Gasteiger partial charge in [0.1, 0.15) is 16.9 Å². The first-order chi connectivity index (χ1) is 17.2. The molecule has 0 aliphatic rings. The Hall–Kier alpha value is -4.73. The van der Waals surface area contributed by atoms with E-state index in [1.165, 1.54) is 6.20 Å². The monoisotopic (exact) mass is 484 g/mol. The van der Waals surface area contributed by atoms with Gasteiger partial charge in [-0.3, -0.25) is 4.57 Å². The summed E-state index contributed by atoms with van der Waals surface area (Å²) in [5.74, 6) is 0.919. The molecule has 10 nitrogen and oxygen atoms in total. The quantitative estimate of drug-likeness (QED) is 0.301. The number of fused-ring (bicyclic) bond motifs is 1. The van der Waals surface area contributed by atoms with Crippen molar-refractivity contribution >= 4 is 34.9 Å². The maximum atomic E-state index is 12.0. The maximum Gasteiger partial charge on any atom is 0.407 e. The third-order valence-electron chi connectivity index (χ3n) is 5.25. The molecule has 0 unspecified atom stereocenters. The number of nitrogen functional groups attached to an aromatic ring is 1. The zero-order valence-corrected chi connectivity index (χ0v) is 20.3. The lowest BCUT2D eigenvalue weighted by Gasteiger charge is -2.19. The molecule has 6 N–H and O–H groups in total. The third-order valence-corrected chi connectivity index (χ3v) is 5.25. The first-order valence-electron chi connectivity index (χ1n) is 11.3. The third kappa shape index (κ3) is 5.17. The SMILES string of the molecule is CC(C)(C)OC(=O)NCc1ccc(-n2c(-c3cccnc3N)nc3ccc(/C(C=N)=C/N)nc32)cc1. The number of nitrogens with one attached hydrogen (secondary N) is 2. The van der Waals surface area contributed by atoms with Crippen molar-refractivity contribution in [3.63, 3.8) is 0 Å². The van der Waals surface area contributed by atoms with Crippen LogP contribution in [0.2, 0.25) is 0 Å². The number of nitrogens with zero attached hydrogens (tertiary/aromatic N) is 4. The Balaban J connectivity index is 1.76. The van der Waals surface area contributed by atoms with Gasteiger partial charge >= 0.3 is 6.09 Å². The Bertz CT molecular complexity index is 1450. The Morgan fingerprint density at radius 1 is 1.14 bits per heavy atom. The van der Waals surface area contributed by atoms with Crippen LogP contribution in [0.25, 0.3) is 33.8 Å². The highest BCUT2D eigenvalue weighted by atomic mass is 16.6. The molecule has 4 rings (SSSR count). The van der Waals surface area contributed by atoms with Crippen molar-refractivity contribution in [3.05, 3.63) is 72.2 Å². The molecule has 1 aromatic carbocycles. The minimum Gasteiger partial charge on any atom is -0.444 e. The van der Waals surface area contributed by atoms with Crippen LogP contribution in [0, 0.1) is 5.41 Å². The summed E-state index contributed by atoms with van der Waals surface area (Å²) >= 11 is 0. The number of carbonyl (C=O) groups is 1. The molecular formula is C26H28N8O2. The van der Waals surface area contributed by atoms with Crippen LogP contribution in [0.1, 0.15) is 32.0 Å². The number of imidazole rings is 1. The van der Waals surface area contributed by atoms with Crippen molar-refractivity contribution in [2.24, 2.45) is 5.73 Å². The number of hydrogen-bond donors (Lipinski definition) is 4. The first-order valence-corrected chi connectivity index (χ1v) is 11.3. The zero-order valence-electron chi connectivity index (χ0n) is 20.3. The molecule has 4 aromatic rings. The number of pyridine rings is 2. The number of alkyl carbamates (subject to hydrolysis) is 1. The summed E-state index contributed by atoms with van der Waals surface area (Å²) < 4.78 is 7.18. The number of nitrogens with two attached hydrogens (primary N) is 2. The predicted molar refractivity (Wildman–Crippen MR) is 141 cm³/mol. The van der Waals surface area contributed by atoms with Crippen LogP contribution in [-0.4, -0.2) is 37.4 Å². The summed E-state index contributed by atoms with van der Waals surface area (Å²) in [6.45, 7) is 5.76. The van der Waals surface area contributed by atoms with E-state index in [-0.39, 0.29) is 0 Å². The summed E-state index contributed by atoms with van der Waals surface area (Å²) in [6, 6.07) is 14.9. The lowest BCUT2D eigenvalue weighted by atomic mass is 10.2. The highest BCUT2D eigenvalue weighted by Gasteiger charge is 2.19. The number of allylic oxidation sites excluding steroid dienone is 1. The van der Waals surface area contributed by atoms with Gasteiger partial charge in [0.05, 0.1) is 11.3 Å². The van der Waals surface area contributed by atoms with Crippen molar-refractivity contribution in [2.45, 2.75) is 32.9 Å². The fourth-order valence-corrected chi connectivity index (χ4v) is 3.61. The van der Waals surface area contributed by atoms with Crippen LogP contribution < -0.4 is 16.8 Å². The summed E-state index contributed by atoms with van der Waals surface area (Å²) in [4.78, 5) is 25.7. The Morgan fingerprint density at radius 3 is 2.53 bits per heavy atom. The Labute approximate surface area is 208 Å². The molecule has 0 atom stereocenters. The Morgan fingerprint density at radius 2 is 1.89 bits per heavy atom. The largest absolute Gasteiger partial charge is 0.444 e. The van der Waals surface area contributed by atoms with E-state index >= 15 is 0 Å². The fraction of sp³-hybridized carbons (Fsp3) is 0.192. The van der Waals surface area contributed by atoms with Crippen LogP contribution >= 0.6 is 0 Å². The number of ether oxygens (including phenoxy) is 1. The maximum absolute atomic E-state index is 12.0. The molecule has 0 fully saturated rings. The van der Waals surface area contributed by atoms with Gasteiger partial charge in [0.2, 0.25) is 0 Å². The van der Waals surface area contributed by atoms with Crippen LogP contribution in [0.5, 0.6) is 0 Å². The van der Waals surface area contributed by atoms with E-state index in [0.29, 0.717) is 46.2 Å². The summed E-state index contributed by atoms with van der Waals surface area (Å²) in [7, 11) is 0. The second-order valence-corrected chi connectivity index (χ2v) is 9.03. The lowest BCUT2D eigenvalue weighted by Crippen LogP contribution is -2.32. The molecule has 0 saturated carbocycles. The van der Waals surface area contributed by atoms with Crippen molar-refractivity contribution in [1.29, 1.82) is 5.41 Å². The standard InChI is InChI=1S/C26H28N8O2/c1-26(2,3)36-25(35)31-15-16-6-8-18(9-7-16)34-23(19-5-4-12-30-22(19)29)33-21-11-10-20(32-24(21)34)17(13-27)14-28/h4-14,27H,15,28H2,1-3H3,(H2,29,30)(H,31,35)/b17-14+,27-13?. The molecule has 184 valence electrons. The number of benzene rings is 1. The average molecular weight is 485 g/mol. The van der Waals surface area contributed by atoms with Gasteiger partial charge in [0, 0.05) is 36.4 Å². The average Bonchev–Trinajstić information content (AvgIpc) is 3.22. The van der Waals surface area contributed by atoms with E-state index in [1.807, 2.05) is 61.7 Å². The molecule has 0 radical (unpaired) electrons. The van der Waals surface area contributed by atoms with Gasteiger partial charge in [-0.15, -0.1) is 0 Å². The van der Waals surface area contributed by atoms with Gasteiger partial charge in [-0.1, -0.05) is 12.1 Å². The summed E-state index contributed by atoms with van der Waals surface area (Å²) in [5.41, 5.74) is 15.9. The normalized spacial score (nSPS) is 11.9. The molecule has 0 spiro atoms. The number of hydrogen-bond acceptors (Lipinski definition) is 8. The summed E-state index contributed by atoms with van der Waals surface area (Å²) in [5, 5.41) is 10.4. The molecule has 10 heteroatoms. The predicted octanol–water partition coefficient (Wildman–Crippen LogP) is 4.04. The first kappa shape index (κ1) is 24.4. The van der Waals surface area contributed by atoms with E-state index in [9.17, 15) is 4.79 Å². The minimum atomic E-state index is -0.566. The fourth-order valence-electron chi connectivity index (χ4n) is 3.61. The van der Waals surface area contributed by atoms with E-state index in [4.69, 9.17) is 31.6 Å². The van der Waals surface area contributed by atoms with E-state index in [0.717, 1.165) is 17.5 Å². The van der Waals surface area contributed by atoms with E-state index in [2.05, 4.69) is 10.3 Å². The molecular weight excluding hydrogens is 456 g/mol. The number of rotatable bonds is 6. The lowest BCUT2D eigenvalue weighted by molar-refractivity contribution is 0.0523. The minimum absolute atomic E-state index is 0.314. The molecule has 0 aliphatic heterocycles. The molecule has 3 heterocycles. The van der Waals surface area contributed by atoms with Crippen LogP contribution in [-0.2, 0) is 11.3 Å². The van der Waals surface area contributed by atoms with Gasteiger partial charge in [0.25, 0.3) is 0 Å². The van der Waals surface area contributed by atoms with Crippen LogP contribution in [0.4, 0.5) is 10.6 Å². The zero-order chi connectivity index (χ0) is 25.9. The molecule has 0 saturated heterocycles. The summed E-state index contributed by atoms with van der Waals surface area (Å²) in [6.07, 6.45) is 3.64. The smallest absolute Gasteiger partial charge is 0.407 e. The van der Waals surface area contributed by atoms with Gasteiger partial charge in [-0.25, -0.2) is 19.7 Å². The van der Waals surface area contributed by atoms with Gasteiger partial charge in [0.15, 0.2) is 11.5 Å². The molecule has 36 heavy (non-hydrogen) atoms. The second-order valence-electron chi connectivity index (χ2n) is 9.03. The second kappa shape index (κ2) is 9.87. The molecule has 0 bridgehead atoms. The molecule has 1 amide bonds. The van der Waals surface area contributed by atoms with Gasteiger partial charge < -0.3 is 26.9 Å². The highest BCUT2D eigenvalue weighted by Crippen LogP contribution is 2.31. The Kier molecular flexibility index (Phi) is 6.69. The van der Waals surface area contributed by atoms with Crippen molar-refractivity contribution in [1.82, 2.24) is 24.8 Å². The topological polar surface area (TPSA) is 158 Å². The highest BCUT2D eigenvalue weighted by molar-refractivity contribution is 6.07. The van der Waals surface area contributed by atoms with Crippen molar-refractivity contribution in [2.75, 3.05) is 5.73 Å². The van der Waals surface area contributed by atoms with E-state index < -0.39 is 11.7 Å². The van der Waals surface area contributed by atoms with Crippen LogP contribution in [0.3, 0.4) is 0 Å². The number of carbonyl (C=O) groups excluding carboxylic acids is 1. The number of aromatic nitrogens is 4. The van der Waals surface area contributed by atoms with Crippen molar-refractivity contribution in [3.8, 4) is 17.1 Å². The van der Waals surface area contributed by atoms with E-state index in [1.54, 1.807) is 18.3 Å². The van der Waals surface area contributed by atoms with Gasteiger partial charge in [-0.05, 0) is 62.7 Å². The van der Waals surface area contributed by atoms with Crippen molar-refractivity contribution < 1.29 is 9.53 Å². The molecule has 0 aliphatic carbocycles. The molecule has 3 aromatic heterocycles. The van der Waals surface area contributed by atoms with Crippen LogP contribution in [0.15, 0.2) is 60.9 Å². The number of amides is 1.